The second-order valence-corrected chi connectivity index (χ2v) is 7.53. The van der Waals surface area contributed by atoms with Gasteiger partial charge in [0, 0.05) is 12.5 Å². The maximum atomic E-state index is 4.84. The molecule has 0 bridgehead atoms. The predicted octanol–water partition coefficient (Wildman–Crippen LogP) is 4.64. The lowest BCUT2D eigenvalue weighted by Crippen LogP contribution is -2.39. The number of nitrogens with one attached hydrogen (secondary N) is 1. The van der Waals surface area contributed by atoms with Gasteiger partial charge in [-0.05, 0) is 43.4 Å². The number of rotatable bonds is 6. The Labute approximate surface area is 132 Å². The summed E-state index contributed by atoms with van der Waals surface area (Å²) in [5.74, 6) is 1.68. The summed E-state index contributed by atoms with van der Waals surface area (Å²) in [5.41, 5.74) is 1.16. The highest BCUT2D eigenvalue weighted by Crippen LogP contribution is 2.35. The SMILES string of the molecule is CCCNC(Cc1nc2ccccc2s1)C1CCCC1C. The summed E-state index contributed by atoms with van der Waals surface area (Å²) in [5, 5.41) is 5.10. The molecule has 0 radical (unpaired) electrons. The van der Waals surface area contributed by atoms with E-state index in [1.807, 2.05) is 11.3 Å². The van der Waals surface area contributed by atoms with Gasteiger partial charge in [-0.25, -0.2) is 4.98 Å². The second-order valence-electron chi connectivity index (χ2n) is 6.41. The summed E-state index contributed by atoms with van der Waals surface area (Å²) in [6.07, 6.45) is 6.48. The zero-order valence-corrected chi connectivity index (χ0v) is 14.0. The second kappa shape index (κ2) is 6.89. The van der Waals surface area contributed by atoms with E-state index in [0.717, 1.165) is 30.3 Å². The Balaban J connectivity index is 1.76. The number of hydrogen-bond acceptors (Lipinski definition) is 3. The molecule has 0 aliphatic heterocycles. The van der Waals surface area contributed by atoms with E-state index in [2.05, 4.69) is 43.4 Å². The van der Waals surface area contributed by atoms with Crippen molar-refractivity contribution in [2.45, 2.75) is 52.0 Å². The zero-order chi connectivity index (χ0) is 14.7. The van der Waals surface area contributed by atoms with E-state index < -0.39 is 0 Å². The zero-order valence-electron chi connectivity index (χ0n) is 13.1. The van der Waals surface area contributed by atoms with Gasteiger partial charge in [-0.1, -0.05) is 38.8 Å². The quantitative estimate of drug-likeness (QED) is 0.840. The van der Waals surface area contributed by atoms with Gasteiger partial charge in [0.05, 0.1) is 15.2 Å². The standard InChI is InChI=1S/C18H26N2S/c1-3-11-19-16(14-8-6-7-13(14)2)12-18-20-15-9-4-5-10-17(15)21-18/h4-5,9-10,13-14,16,19H,3,6-8,11-12H2,1-2H3. The fraction of sp³-hybridized carbons (Fsp3) is 0.611. The van der Waals surface area contributed by atoms with Crippen molar-refractivity contribution in [2.24, 2.45) is 11.8 Å². The molecule has 1 aromatic heterocycles. The van der Waals surface area contributed by atoms with Crippen molar-refractivity contribution in [1.82, 2.24) is 10.3 Å². The molecular formula is C18H26N2S. The van der Waals surface area contributed by atoms with Crippen molar-refractivity contribution in [3.05, 3.63) is 29.3 Å². The number of fused-ring (bicyclic) bond motifs is 1. The summed E-state index contributed by atoms with van der Waals surface area (Å²) in [6.45, 7) is 5.80. The van der Waals surface area contributed by atoms with Crippen LogP contribution in [0.3, 0.4) is 0 Å². The van der Waals surface area contributed by atoms with Crippen LogP contribution in [-0.4, -0.2) is 17.6 Å². The molecule has 2 aromatic rings. The van der Waals surface area contributed by atoms with Crippen molar-refractivity contribution >= 4 is 21.6 Å². The first-order chi connectivity index (χ1) is 10.3. The largest absolute Gasteiger partial charge is 0.313 e. The third kappa shape index (κ3) is 3.46. The third-order valence-electron chi connectivity index (χ3n) is 4.83. The molecule has 1 N–H and O–H groups in total. The minimum Gasteiger partial charge on any atom is -0.313 e. The summed E-state index contributed by atoms with van der Waals surface area (Å²) in [6, 6.07) is 9.10. The fourth-order valence-corrected chi connectivity index (χ4v) is 4.70. The minimum absolute atomic E-state index is 0.600. The Bertz CT molecular complexity index is 544. The van der Waals surface area contributed by atoms with E-state index in [1.165, 1.54) is 35.4 Å². The molecule has 3 heteroatoms. The molecule has 1 aliphatic carbocycles. The number of para-hydroxylation sites is 1. The monoisotopic (exact) mass is 302 g/mol. The van der Waals surface area contributed by atoms with E-state index in [4.69, 9.17) is 4.98 Å². The molecule has 1 saturated carbocycles. The summed E-state index contributed by atoms with van der Waals surface area (Å²) >= 11 is 1.87. The smallest absolute Gasteiger partial charge is 0.0954 e. The molecule has 1 aromatic carbocycles. The Morgan fingerprint density at radius 2 is 2.19 bits per heavy atom. The molecule has 114 valence electrons. The van der Waals surface area contributed by atoms with Crippen LogP contribution in [-0.2, 0) is 6.42 Å². The van der Waals surface area contributed by atoms with Gasteiger partial charge < -0.3 is 5.32 Å². The number of hydrogen-bond donors (Lipinski definition) is 1. The van der Waals surface area contributed by atoms with Gasteiger partial charge in [0.25, 0.3) is 0 Å². The van der Waals surface area contributed by atoms with Crippen molar-refractivity contribution < 1.29 is 0 Å². The fourth-order valence-electron chi connectivity index (χ4n) is 3.67. The highest BCUT2D eigenvalue weighted by Gasteiger charge is 2.31. The number of aromatic nitrogens is 1. The molecule has 3 rings (SSSR count). The van der Waals surface area contributed by atoms with Crippen LogP contribution in [0.4, 0.5) is 0 Å². The van der Waals surface area contributed by atoms with Gasteiger partial charge in [0.1, 0.15) is 0 Å². The summed E-state index contributed by atoms with van der Waals surface area (Å²) in [4.78, 5) is 4.84. The highest BCUT2D eigenvalue weighted by molar-refractivity contribution is 7.18. The molecule has 3 atom stereocenters. The van der Waals surface area contributed by atoms with Crippen LogP contribution in [0.5, 0.6) is 0 Å². The molecule has 0 spiro atoms. The van der Waals surface area contributed by atoms with Crippen molar-refractivity contribution in [1.29, 1.82) is 0 Å². The molecule has 2 nitrogen and oxygen atoms in total. The van der Waals surface area contributed by atoms with Crippen LogP contribution in [0.15, 0.2) is 24.3 Å². The van der Waals surface area contributed by atoms with Crippen LogP contribution >= 0.6 is 11.3 Å². The predicted molar refractivity (Wildman–Crippen MR) is 91.9 cm³/mol. The molecule has 3 unspecified atom stereocenters. The van der Waals surface area contributed by atoms with Gasteiger partial charge in [-0.15, -0.1) is 11.3 Å². The van der Waals surface area contributed by atoms with Gasteiger partial charge in [-0.2, -0.15) is 0 Å². The molecule has 0 amide bonds. The van der Waals surface area contributed by atoms with Crippen LogP contribution in [0.25, 0.3) is 10.2 Å². The van der Waals surface area contributed by atoms with Gasteiger partial charge in [0.15, 0.2) is 0 Å². The lowest BCUT2D eigenvalue weighted by atomic mass is 9.88. The highest BCUT2D eigenvalue weighted by atomic mass is 32.1. The summed E-state index contributed by atoms with van der Waals surface area (Å²) < 4.78 is 1.32. The van der Waals surface area contributed by atoms with Crippen LogP contribution < -0.4 is 5.32 Å². The van der Waals surface area contributed by atoms with Crippen LogP contribution in [0, 0.1) is 11.8 Å². The maximum Gasteiger partial charge on any atom is 0.0954 e. The van der Waals surface area contributed by atoms with E-state index in [-0.39, 0.29) is 0 Å². The van der Waals surface area contributed by atoms with Gasteiger partial charge in [0.2, 0.25) is 0 Å². The number of nitrogens with zero attached hydrogens (tertiary/aromatic N) is 1. The molecule has 0 saturated heterocycles. The lowest BCUT2D eigenvalue weighted by Gasteiger charge is -2.27. The van der Waals surface area contributed by atoms with E-state index in [9.17, 15) is 0 Å². The first-order valence-corrected chi connectivity index (χ1v) is 9.17. The number of benzene rings is 1. The topological polar surface area (TPSA) is 24.9 Å². The van der Waals surface area contributed by atoms with E-state index in [1.54, 1.807) is 0 Å². The molecule has 1 fully saturated rings. The Kier molecular flexibility index (Phi) is 4.91. The van der Waals surface area contributed by atoms with E-state index in [0.29, 0.717) is 6.04 Å². The Hall–Kier alpha value is -0.930. The summed E-state index contributed by atoms with van der Waals surface area (Å²) in [7, 11) is 0. The number of thiazole rings is 1. The Morgan fingerprint density at radius 1 is 1.33 bits per heavy atom. The normalized spacial score (nSPS) is 23.7. The molecule has 21 heavy (non-hydrogen) atoms. The minimum atomic E-state index is 0.600. The maximum absolute atomic E-state index is 4.84. The Morgan fingerprint density at radius 3 is 2.90 bits per heavy atom. The molecule has 1 aliphatic rings. The first-order valence-electron chi connectivity index (χ1n) is 8.35. The molecule has 1 heterocycles. The van der Waals surface area contributed by atoms with E-state index >= 15 is 0 Å². The van der Waals surface area contributed by atoms with Gasteiger partial charge >= 0.3 is 0 Å². The van der Waals surface area contributed by atoms with Crippen LogP contribution in [0.1, 0.15) is 44.5 Å². The average Bonchev–Trinajstić information content (AvgIpc) is 3.08. The first kappa shape index (κ1) is 15.0. The molecular weight excluding hydrogens is 276 g/mol. The van der Waals surface area contributed by atoms with Crippen molar-refractivity contribution in [3.63, 3.8) is 0 Å². The van der Waals surface area contributed by atoms with Crippen LogP contribution in [0.2, 0.25) is 0 Å². The lowest BCUT2D eigenvalue weighted by molar-refractivity contribution is 0.295. The average molecular weight is 302 g/mol. The van der Waals surface area contributed by atoms with Crippen molar-refractivity contribution in [3.8, 4) is 0 Å². The third-order valence-corrected chi connectivity index (χ3v) is 5.89. The van der Waals surface area contributed by atoms with Crippen molar-refractivity contribution in [2.75, 3.05) is 6.54 Å². The van der Waals surface area contributed by atoms with Gasteiger partial charge in [-0.3, -0.25) is 0 Å².